The number of aliphatic hydroxyl groups is 1. The van der Waals surface area contributed by atoms with Crippen molar-refractivity contribution in [3.05, 3.63) is 23.8 Å². The molecule has 4 nitrogen and oxygen atoms in total. The molecular weight excluding hydrogens is 194 g/mol. The van der Waals surface area contributed by atoms with E-state index in [1.807, 2.05) is 12.1 Å². The van der Waals surface area contributed by atoms with Gasteiger partial charge in [-0.05, 0) is 37.6 Å². The van der Waals surface area contributed by atoms with Crippen molar-refractivity contribution in [2.24, 2.45) is 5.73 Å². The Morgan fingerprint density at radius 2 is 2.13 bits per heavy atom. The summed E-state index contributed by atoms with van der Waals surface area (Å²) in [6.45, 7) is 2.44. The molecule has 82 valence electrons. The summed E-state index contributed by atoms with van der Waals surface area (Å²) in [5, 5.41) is 10.1. The van der Waals surface area contributed by atoms with Gasteiger partial charge in [0, 0.05) is 0 Å². The summed E-state index contributed by atoms with van der Waals surface area (Å²) in [6.07, 6.45) is 0.520. The van der Waals surface area contributed by atoms with Crippen LogP contribution in [0.2, 0.25) is 0 Å². The molecule has 1 aliphatic rings. The molecule has 0 bridgehead atoms. The zero-order valence-electron chi connectivity index (χ0n) is 8.69. The lowest BCUT2D eigenvalue weighted by Gasteiger charge is -2.23. The van der Waals surface area contributed by atoms with Crippen molar-refractivity contribution < 1.29 is 14.6 Å². The number of rotatable bonds is 3. The molecular formula is C11H15NO3. The predicted octanol–water partition coefficient (Wildman–Crippen LogP) is 0.972. The first-order valence-corrected chi connectivity index (χ1v) is 4.96. The Kier molecular flexibility index (Phi) is 2.54. The van der Waals surface area contributed by atoms with Crippen molar-refractivity contribution in [2.45, 2.75) is 18.9 Å². The van der Waals surface area contributed by atoms with Gasteiger partial charge >= 0.3 is 0 Å². The minimum Gasteiger partial charge on any atom is -0.454 e. The maximum Gasteiger partial charge on any atom is 0.231 e. The van der Waals surface area contributed by atoms with E-state index in [0.717, 1.165) is 11.3 Å². The molecule has 1 aromatic rings. The van der Waals surface area contributed by atoms with E-state index in [-0.39, 0.29) is 6.79 Å². The Balaban J connectivity index is 2.29. The van der Waals surface area contributed by atoms with Crippen LogP contribution in [0.25, 0.3) is 0 Å². The SMILES string of the molecule is CC(O)(CCN)c1ccc2c(c1)OCO2. The van der Waals surface area contributed by atoms with Gasteiger partial charge in [0.2, 0.25) is 6.79 Å². The standard InChI is InChI=1S/C11H15NO3/c1-11(13,4-5-12)8-2-3-9-10(6-8)15-7-14-9/h2-3,6,13H,4-5,7,12H2,1H3. The Labute approximate surface area is 88.6 Å². The van der Waals surface area contributed by atoms with Crippen LogP contribution in [0.4, 0.5) is 0 Å². The second-order valence-electron chi connectivity index (χ2n) is 3.88. The van der Waals surface area contributed by atoms with Crippen molar-refractivity contribution in [3.63, 3.8) is 0 Å². The molecule has 1 heterocycles. The van der Waals surface area contributed by atoms with Gasteiger partial charge in [0.05, 0.1) is 5.60 Å². The summed E-state index contributed by atoms with van der Waals surface area (Å²) >= 11 is 0. The summed E-state index contributed by atoms with van der Waals surface area (Å²) in [7, 11) is 0. The van der Waals surface area contributed by atoms with Crippen LogP contribution in [-0.4, -0.2) is 18.4 Å². The molecule has 0 saturated carbocycles. The molecule has 0 fully saturated rings. The van der Waals surface area contributed by atoms with Gasteiger partial charge in [0.25, 0.3) is 0 Å². The number of ether oxygens (including phenoxy) is 2. The highest BCUT2D eigenvalue weighted by Crippen LogP contribution is 2.36. The molecule has 0 radical (unpaired) electrons. The van der Waals surface area contributed by atoms with Crippen molar-refractivity contribution in [2.75, 3.05) is 13.3 Å². The van der Waals surface area contributed by atoms with E-state index in [1.54, 1.807) is 13.0 Å². The van der Waals surface area contributed by atoms with Crippen molar-refractivity contribution >= 4 is 0 Å². The van der Waals surface area contributed by atoms with E-state index >= 15 is 0 Å². The van der Waals surface area contributed by atoms with Crippen molar-refractivity contribution in [1.82, 2.24) is 0 Å². The lowest BCUT2D eigenvalue weighted by molar-refractivity contribution is 0.0502. The van der Waals surface area contributed by atoms with Crippen LogP contribution in [0.1, 0.15) is 18.9 Å². The largest absolute Gasteiger partial charge is 0.454 e. The lowest BCUT2D eigenvalue weighted by atomic mass is 9.92. The average molecular weight is 209 g/mol. The number of benzene rings is 1. The third kappa shape index (κ3) is 1.91. The minimum atomic E-state index is -0.907. The topological polar surface area (TPSA) is 64.7 Å². The fraction of sp³-hybridized carbons (Fsp3) is 0.455. The van der Waals surface area contributed by atoms with Gasteiger partial charge in [0.1, 0.15) is 0 Å². The first kappa shape index (κ1) is 10.3. The quantitative estimate of drug-likeness (QED) is 0.778. The predicted molar refractivity (Wildman–Crippen MR) is 55.8 cm³/mol. The van der Waals surface area contributed by atoms with Crippen LogP contribution in [0.5, 0.6) is 11.5 Å². The molecule has 3 N–H and O–H groups in total. The Bertz CT molecular complexity index is 363. The van der Waals surface area contributed by atoms with E-state index in [2.05, 4.69) is 0 Å². The van der Waals surface area contributed by atoms with Gasteiger partial charge in [-0.25, -0.2) is 0 Å². The number of nitrogens with two attached hydrogens (primary N) is 1. The monoisotopic (exact) mass is 209 g/mol. The fourth-order valence-electron chi connectivity index (χ4n) is 1.66. The van der Waals surface area contributed by atoms with Gasteiger partial charge in [-0.15, -0.1) is 0 Å². The second-order valence-corrected chi connectivity index (χ2v) is 3.88. The summed E-state index contributed by atoms with van der Waals surface area (Å²) in [6, 6.07) is 5.45. The smallest absolute Gasteiger partial charge is 0.231 e. The third-order valence-corrected chi connectivity index (χ3v) is 2.63. The number of fused-ring (bicyclic) bond motifs is 1. The molecule has 2 rings (SSSR count). The van der Waals surface area contributed by atoms with Crippen molar-refractivity contribution in [3.8, 4) is 11.5 Å². The van der Waals surface area contributed by atoms with Crippen LogP contribution in [0, 0.1) is 0 Å². The van der Waals surface area contributed by atoms with E-state index < -0.39 is 5.60 Å². The molecule has 0 aromatic heterocycles. The molecule has 1 atom stereocenters. The van der Waals surface area contributed by atoms with Crippen LogP contribution in [-0.2, 0) is 5.60 Å². The molecule has 4 heteroatoms. The molecule has 0 amide bonds. The van der Waals surface area contributed by atoms with E-state index in [1.165, 1.54) is 0 Å². The average Bonchev–Trinajstić information content (AvgIpc) is 2.63. The molecule has 0 saturated heterocycles. The van der Waals surface area contributed by atoms with Crippen LogP contribution >= 0.6 is 0 Å². The molecule has 0 aliphatic carbocycles. The second kappa shape index (κ2) is 3.72. The van der Waals surface area contributed by atoms with Crippen LogP contribution < -0.4 is 15.2 Å². The summed E-state index contributed by atoms with van der Waals surface area (Å²) < 4.78 is 10.4. The summed E-state index contributed by atoms with van der Waals surface area (Å²) in [4.78, 5) is 0. The molecule has 1 unspecified atom stereocenters. The highest BCUT2D eigenvalue weighted by molar-refractivity contribution is 5.45. The first-order chi connectivity index (χ1) is 7.13. The van der Waals surface area contributed by atoms with E-state index in [0.29, 0.717) is 18.7 Å². The van der Waals surface area contributed by atoms with Gasteiger partial charge in [-0.3, -0.25) is 0 Å². The number of hydrogen-bond donors (Lipinski definition) is 2. The molecule has 15 heavy (non-hydrogen) atoms. The van der Waals surface area contributed by atoms with Crippen LogP contribution in [0.3, 0.4) is 0 Å². The maximum atomic E-state index is 10.1. The Morgan fingerprint density at radius 3 is 2.87 bits per heavy atom. The third-order valence-electron chi connectivity index (χ3n) is 2.63. The van der Waals surface area contributed by atoms with E-state index in [4.69, 9.17) is 15.2 Å². The fourth-order valence-corrected chi connectivity index (χ4v) is 1.66. The van der Waals surface area contributed by atoms with Gasteiger partial charge in [-0.1, -0.05) is 6.07 Å². The van der Waals surface area contributed by atoms with Gasteiger partial charge < -0.3 is 20.3 Å². The first-order valence-electron chi connectivity index (χ1n) is 4.96. The van der Waals surface area contributed by atoms with E-state index in [9.17, 15) is 5.11 Å². The molecule has 0 spiro atoms. The highest BCUT2D eigenvalue weighted by Gasteiger charge is 2.24. The van der Waals surface area contributed by atoms with Crippen LogP contribution in [0.15, 0.2) is 18.2 Å². The minimum absolute atomic E-state index is 0.248. The Hall–Kier alpha value is -1.26. The zero-order valence-corrected chi connectivity index (χ0v) is 8.69. The molecule has 1 aromatic carbocycles. The number of hydrogen-bond acceptors (Lipinski definition) is 4. The summed E-state index contributed by atoms with van der Waals surface area (Å²) in [5.41, 5.74) is 5.34. The van der Waals surface area contributed by atoms with Gasteiger partial charge in [0.15, 0.2) is 11.5 Å². The normalized spacial score (nSPS) is 17.5. The maximum absolute atomic E-state index is 10.1. The van der Waals surface area contributed by atoms with Gasteiger partial charge in [-0.2, -0.15) is 0 Å². The van der Waals surface area contributed by atoms with Crippen molar-refractivity contribution in [1.29, 1.82) is 0 Å². The molecule has 1 aliphatic heterocycles. The summed E-state index contributed by atoms with van der Waals surface area (Å²) in [5.74, 6) is 1.41. The lowest BCUT2D eigenvalue weighted by Crippen LogP contribution is -2.24. The zero-order chi connectivity index (χ0) is 10.9. The Morgan fingerprint density at radius 1 is 1.40 bits per heavy atom. The highest BCUT2D eigenvalue weighted by atomic mass is 16.7.